The molecule has 0 rings (SSSR count). The average molecular weight is 200 g/mol. The highest BCUT2D eigenvalue weighted by Gasteiger charge is 2.03. The summed E-state index contributed by atoms with van der Waals surface area (Å²) in [5.41, 5.74) is 0. The van der Waals surface area contributed by atoms with E-state index in [0.29, 0.717) is 6.54 Å². The number of hydrogen-bond acceptors (Lipinski definition) is 6. The van der Waals surface area contributed by atoms with E-state index in [0.717, 1.165) is 0 Å². The maximum atomic E-state index is 8.49. The van der Waals surface area contributed by atoms with Crippen molar-refractivity contribution in [3.63, 3.8) is 0 Å². The fraction of sp³-hybridized carbons (Fsp3) is 0.750. The van der Waals surface area contributed by atoms with Gasteiger partial charge < -0.3 is 0 Å². The molecule has 0 aromatic carbocycles. The zero-order chi connectivity index (χ0) is 10.4. The second-order valence-corrected chi connectivity index (χ2v) is 3.23. The van der Waals surface area contributed by atoms with Gasteiger partial charge >= 0.3 is 0 Å². The van der Waals surface area contributed by atoms with Crippen molar-refractivity contribution in [1.82, 2.24) is 0 Å². The van der Waals surface area contributed by atoms with Crippen LogP contribution in [0.15, 0.2) is 0 Å². The number of halogens is 1. The normalized spacial score (nSPS) is 11.2. The lowest BCUT2D eigenvalue weighted by molar-refractivity contribution is -2.00. The van der Waals surface area contributed by atoms with Crippen LogP contribution in [0.3, 0.4) is 0 Å². The molecule has 7 nitrogen and oxygen atoms in total. The van der Waals surface area contributed by atoms with Crippen molar-refractivity contribution < 1.29 is 33.5 Å². The fourth-order valence-electron chi connectivity index (χ4n) is 0.182. The molecule has 0 aromatic heterocycles. The van der Waals surface area contributed by atoms with Crippen LogP contribution in [0, 0.1) is 21.6 Å². The number of rotatable bonds is 1. The molecule has 0 radical (unpaired) electrons. The van der Waals surface area contributed by atoms with Crippen LogP contribution in [0.4, 0.5) is 0 Å². The van der Waals surface area contributed by atoms with E-state index in [1.807, 2.05) is 6.07 Å². The summed E-state index contributed by atoms with van der Waals surface area (Å²) in [6.45, 7) is 0.361. The number of nitrogens with two attached hydrogens (primary N) is 1. The minimum absolute atomic E-state index is 0.233. The predicted molar refractivity (Wildman–Crippen MR) is 26.8 cm³/mol. The molecule has 12 heavy (non-hydrogen) atoms. The number of nitriles is 1. The third-order valence-corrected chi connectivity index (χ3v) is 0.478. The van der Waals surface area contributed by atoms with Crippen molar-refractivity contribution in [2.45, 2.75) is 0 Å². The lowest BCUT2D eigenvalue weighted by Gasteiger charge is -2.17. The van der Waals surface area contributed by atoms with Crippen LogP contribution >= 0.6 is 0 Å². The van der Waals surface area contributed by atoms with Crippen LogP contribution < -0.4 is 24.5 Å². The minimum atomic E-state index is -4.94. The van der Waals surface area contributed by atoms with E-state index in [1.165, 1.54) is 0 Å². The van der Waals surface area contributed by atoms with Gasteiger partial charge in [-0.2, -0.15) is 11.1 Å². The summed E-state index contributed by atoms with van der Waals surface area (Å²) in [5.74, 6) is 5.36. The summed E-state index contributed by atoms with van der Waals surface area (Å²) in [6.07, 6.45) is 0. The second-order valence-electron chi connectivity index (χ2n) is 2.47. The van der Waals surface area contributed by atoms with Gasteiger partial charge in [0.05, 0.1) is 14.1 Å². The third kappa shape index (κ3) is 55.5. The first-order valence-electron chi connectivity index (χ1n) is 2.66. The van der Waals surface area contributed by atoms with Crippen LogP contribution in [-0.4, -0.2) is 25.2 Å². The Morgan fingerprint density at radius 3 is 1.58 bits per heavy atom. The lowest BCUT2D eigenvalue weighted by atomic mass is 10.6. The Kier molecular flexibility index (Phi) is 6.14. The van der Waals surface area contributed by atoms with Gasteiger partial charge in [-0.1, -0.05) is 0 Å². The molecule has 2 N–H and O–H groups in total. The number of quaternary nitrogens is 1. The lowest BCUT2D eigenvalue weighted by Crippen LogP contribution is -2.68. The fourth-order valence-corrected chi connectivity index (χ4v) is 0.182. The first-order valence-corrected chi connectivity index (χ1v) is 3.90. The van der Waals surface area contributed by atoms with E-state index in [4.69, 9.17) is 29.7 Å². The summed E-state index contributed by atoms with van der Waals surface area (Å²) in [7, 11) is -1.41. The van der Waals surface area contributed by atoms with Gasteiger partial charge in [0.1, 0.15) is 6.07 Å². The van der Waals surface area contributed by atoms with Crippen molar-refractivity contribution in [3.8, 4) is 6.07 Å². The molecule has 0 aromatic rings. The SMILES string of the molecule is C[N+](C)(N)CC#N.[O-][Cl+3]([O-])([O-])[O-]. The van der Waals surface area contributed by atoms with Crippen molar-refractivity contribution in [2.24, 2.45) is 5.84 Å². The molecule has 0 aliphatic rings. The van der Waals surface area contributed by atoms with E-state index < -0.39 is 10.2 Å². The number of nitrogens with zero attached hydrogens (tertiary/aromatic N) is 2. The maximum absolute atomic E-state index is 8.49. The van der Waals surface area contributed by atoms with Gasteiger partial charge in [-0.15, -0.1) is 10.2 Å². The van der Waals surface area contributed by atoms with Crippen molar-refractivity contribution in [3.05, 3.63) is 0 Å². The van der Waals surface area contributed by atoms with Gasteiger partial charge in [-0.3, -0.25) is 0 Å². The highest BCUT2D eigenvalue weighted by Crippen LogP contribution is 1.78. The average Bonchev–Trinajstić information content (AvgIpc) is 1.54. The molecule has 0 unspecified atom stereocenters. The van der Waals surface area contributed by atoms with E-state index >= 15 is 0 Å². The first kappa shape index (κ1) is 14.1. The molecule has 0 amide bonds. The van der Waals surface area contributed by atoms with E-state index in [9.17, 15) is 0 Å². The van der Waals surface area contributed by atoms with E-state index in [2.05, 4.69) is 0 Å². The Morgan fingerprint density at radius 1 is 1.33 bits per heavy atom. The predicted octanol–water partition coefficient (Wildman–Crippen LogP) is -5.30. The molecule has 0 fully saturated rings. The Bertz CT molecular complexity index is 149. The molecule has 0 aliphatic heterocycles. The maximum Gasteiger partial charge on any atom is 0.183 e. The molecule has 0 spiro atoms. The monoisotopic (exact) mass is 199 g/mol. The van der Waals surface area contributed by atoms with E-state index in [-0.39, 0.29) is 4.59 Å². The molecule has 0 saturated carbocycles. The van der Waals surface area contributed by atoms with Crippen LogP contribution in [0.1, 0.15) is 0 Å². The van der Waals surface area contributed by atoms with Crippen molar-refractivity contribution in [1.29, 1.82) is 5.26 Å². The van der Waals surface area contributed by atoms with Gasteiger partial charge in [-0.05, 0) is 0 Å². The van der Waals surface area contributed by atoms with Gasteiger partial charge in [0.15, 0.2) is 6.54 Å². The topological polar surface area (TPSA) is 142 Å². The standard InChI is InChI=1S/C4H10N3.ClHO4/c1-7(2,6)4-3-5;2-1(3,4)5/h4,6H2,1-2H3;(H,2,3,4,5)/q+1;/p-1. The molecule has 0 aliphatic carbocycles. The zero-order valence-corrected chi connectivity index (χ0v) is 7.45. The summed E-state index contributed by atoms with van der Waals surface area (Å²) >= 11 is 0. The van der Waals surface area contributed by atoms with Gasteiger partial charge in [-0.25, -0.2) is 23.2 Å². The summed E-state index contributed by atoms with van der Waals surface area (Å²) < 4.78 is 34.2. The highest BCUT2D eigenvalue weighted by atomic mass is 35.7. The smallest absolute Gasteiger partial charge is 0.183 e. The van der Waals surface area contributed by atoms with Gasteiger partial charge in [0, 0.05) is 0 Å². The van der Waals surface area contributed by atoms with Gasteiger partial charge in [0.25, 0.3) is 0 Å². The zero-order valence-electron chi connectivity index (χ0n) is 6.69. The molecule has 72 valence electrons. The summed E-state index contributed by atoms with van der Waals surface area (Å²) in [6, 6.07) is 1.95. The van der Waals surface area contributed by atoms with Crippen LogP contribution in [0.5, 0.6) is 0 Å². The quantitative estimate of drug-likeness (QED) is 0.193. The summed E-state index contributed by atoms with van der Waals surface area (Å²) in [4.78, 5) is 0. The van der Waals surface area contributed by atoms with Crippen molar-refractivity contribution >= 4 is 0 Å². The molecule has 0 saturated heterocycles. The van der Waals surface area contributed by atoms with Crippen LogP contribution in [-0.2, 0) is 0 Å². The van der Waals surface area contributed by atoms with Crippen LogP contribution in [0.2, 0.25) is 0 Å². The highest BCUT2D eigenvalue weighted by molar-refractivity contribution is 4.65. The summed E-state index contributed by atoms with van der Waals surface area (Å²) in [5, 5.41) is 8.06. The Labute approximate surface area is 72.1 Å². The molecular formula is C4H10ClN3O4. The molecular weight excluding hydrogens is 190 g/mol. The molecule has 0 atom stereocenters. The minimum Gasteiger partial charge on any atom is -0.241 e. The third-order valence-electron chi connectivity index (χ3n) is 0.478. The molecule has 0 bridgehead atoms. The molecule has 8 heteroatoms. The largest absolute Gasteiger partial charge is 0.241 e. The van der Waals surface area contributed by atoms with Crippen LogP contribution in [0.25, 0.3) is 0 Å². The van der Waals surface area contributed by atoms with Crippen molar-refractivity contribution in [2.75, 3.05) is 20.6 Å². The first-order chi connectivity index (χ1) is 5.06. The Hall–Kier alpha value is -0.460. The Balaban J connectivity index is 0. The second kappa shape index (κ2) is 5.23. The van der Waals surface area contributed by atoms with E-state index in [1.54, 1.807) is 14.1 Å². The molecule has 0 heterocycles. The van der Waals surface area contributed by atoms with Gasteiger partial charge in [0.2, 0.25) is 0 Å². The Morgan fingerprint density at radius 2 is 1.58 bits per heavy atom. The number of hydrogen-bond donors (Lipinski definition) is 1.